The molecule has 0 saturated carbocycles. The minimum Gasteiger partial charge on any atom is -0.497 e. The van der Waals surface area contributed by atoms with Crippen LogP contribution < -0.4 is 14.4 Å². The number of rotatable bonds is 10. The molecule has 1 atom stereocenters. The molecule has 2 amide bonds. The van der Waals surface area contributed by atoms with Crippen LogP contribution in [0, 0.1) is 5.82 Å². The minimum absolute atomic E-state index is 0.0317. The number of halogens is 2. The van der Waals surface area contributed by atoms with Crippen LogP contribution in [0.1, 0.15) is 19.4 Å². The number of nitrogens with one attached hydrogen (secondary N) is 1. The van der Waals surface area contributed by atoms with E-state index in [1.54, 1.807) is 38.1 Å². The van der Waals surface area contributed by atoms with Crippen molar-refractivity contribution in [1.29, 1.82) is 0 Å². The molecule has 8 nitrogen and oxygen atoms in total. The third-order valence-electron chi connectivity index (χ3n) is 4.88. The number of hydrogen-bond donors (Lipinski definition) is 1. The molecule has 0 aliphatic carbocycles. The van der Waals surface area contributed by atoms with E-state index in [2.05, 4.69) is 5.32 Å². The fourth-order valence-electron chi connectivity index (χ4n) is 3.13. The fourth-order valence-corrected chi connectivity index (χ4v) is 4.14. The number of sulfonamides is 1. The van der Waals surface area contributed by atoms with E-state index in [0.717, 1.165) is 22.7 Å². The average molecular weight is 500 g/mol. The van der Waals surface area contributed by atoms with Crippen molar-refractivity contribution in [3.8, 4) is 5.75 Å². The highest BCUT2D eigenvalue weighted by Gasteiger charge is 2.30. The molecule has 11 heteroatoms. The highest BCUT2D eigenvalue weighted by atomic mass is 35.5. The molecule has 2 aromatic rings. The van der Waals surface area contributed by atoms with Crippen molar-refractivity contribution in [3.63, 3.8) is 0 Å². The number of anilines is 1. The molecule has 0 heterocycles. The number of amides is 2. The minimum atomic E-state index is -3.93. The van der Waals surface area contributed by atoms with E-state index < -0.39 is 34.3 Å². The third kappa shape index (κ3) is 7.06. The van der Waals surface area contributed by atoms with Crippen molar-refractivity contribution in [2.45, 2.75) is 26.4 Å². The van der Waals surface area contributed by atoms with Gasteiger partial charge >= 0.3 is 0 Å². The number of carbonyl (C=O) groups excluding carboxylic acids is 2. The summed E-state index contributed by atoms with van der Waals surface area (Å²) < 4.78 is 44.5. The summed E-state index contributed by atoms with van der Waals surface area (Å²) in [5.41, 5.74) is 0.721. The summed E-state index contributed by atoms with van der Waals surface area (Å²) in [6.07, 6.45) is 0.928. The lowest BCUT2D eigenvalue weighted by atomic mass is 10.1. The topological polar surface area (TPSA) is 96.0 Å². The lowest BCUT2D eigenvalue weighted by Gasteiger charge is -2.31. The first-order valence-electron chi connectivity index (χ1n) is 10.1. The number of hydrogen-bond acceptors (Lipinski definition) is 5. The Bertz CT molecular complexity index is 1110. The van der Waals surface area contributed by atoms with E-state index in [9.17, 15) is 22.4 Å². The Balaban J connectivity index is 2.41. The molecule has 0 saturated heterocycles. The molecular formula is C22H27ClFN3O5S. The first-order chi connectivity index (χ1) is 15.5. The van der Waals surface area contributed by atoms with Gasteiger partial charge in [0.1, 0.15) is 24.2 Å². The summed E-state index contributed by atoms with van der Waals surface area (Å²) >= 11 is 5.81. The average Bonchev–Trinajstić information content (AvgIpc) is 2.76. The lowest BCUT2D eigenvalue weighted by Crippen LogP contribution is -2.51. The van der Waals surface area contributed by atoms with Gasteiger partial charge in [-0.25, -0.2) is 12.8 Å². The Morgan fingerprint density at radius 2 is 1.91 bits per heavy atom. The smallest absolute Gasteiger partial charge is 0.244 e. The maximum absolute atomic E-state index is 13.6. The molecule has 0 fully saturated rings. The van der Waals surface area contributed by atoms with Crippen LogP contribution >= 0.6 is 11.6 Å². The second kappa shape index (κ2) is 11.3. The lowest BCUT2D eigenvalue weighted by molar-refractivity contribution is -0.139. The largest absolute Gasteiger partial charge is 0.497 e. The van der Waals surface area contributed by atoms with Gasteiger partial charge in [0, 0.05) is 13.1 Å². The van der Waals surface area contributed by atoms with E-state index in [4.69, 9.17) is 16.3 Å². The van der Waals surface area contributed by atoms with Crippen LogP contribution in [-0.4, -0.2) is 57.6 Å². The number of likely N-dealkylation sites (N-methyl/N-ethyl adjacent to an activating group) is 1. The molecule has 33 heavy (non-hydrogen) atoms. The Morgan fingerprint density at radius 3 is 2.48 bits per heavy atom. The van der Waals surface area contributed by atoms with Crippen LogP contribution in [0.25, 0.3) is 0 Å². The van der Waals surface area contributed by atoms with Crippen LogP contribution in [0.4, 0.5) is 10.1 Å². The maximum atomic E-state index is 13.6. The zero-order chi connectivity index (χ0) is 24.8. The predicted octanol–water partition coefficient (Wildman–Crippen LogP) is 2.81. The molecule has 0 radical (unpaired) electrons. The molecule has 0 spiro atoms. The number of benzene rings is 2. The SMILES string of the molecule is CCNC(=O)C(C)N(Cc1cccc(OC)c1)C(=O)CN(c1ccc(F)c(Cl)c1)S(C)(=O)=O. The van der Waals surface area contributed by atoms with Crippen molar-refractivity contribution in [3.05, 3.63) is 58.9 Å². The van der Waals surface area contributed by atoms with Gasteiger partial charge in [0.25, 0.3) is 0 Å². The number of nitrogens with zero attached hydrogens (tertiary/aromatic N) is 2. The first kappa shape index (κ1) is 26.4. The van der Waals surface area contributed by atoms with Gasteiger partial charge < -0.3 is 15.0 Å². The summed E-state index contributed by atoms with van der Waals surface area (Å²) in [7, 11) is -2.42. The van der Waals surface area contributed by atoms with Crippen LogP contribution in [0.2, 0.25) is 5.02 Å². The Kier molecular flexibility index (Phi) is 9.07. The van der Waals surface area contributed by atoms with E-state index >= 15 is 0 Å². The molecule has 180 valence electrons. The monoisotopic (exact) mass is 499 g/mol. The zero-order valence-electron chi connectivity index (χ0n) is 18.8. The Hall–Kier alpha value is -2.85. The molecule has 0 bridgehead atoms. The molecular weight excluding hydrogens is 473 g/mol. The summed E-state index contributed by atoms with van der Waals surface area (Å²) in [5, 5.41) is 2.39. The van der Waals surface area contributed by atoms with Crippen LogP contribution in [0.3, 0.4) is 0 Å². The van der Waals surface area contributed by atoms with E-state index in [1.165, 1.54) is 18.1 Å². The third-order valence-corrected chi connectivity index (χ3v) is 6.31. The molecule has 1 unspecified atom stereocenters. The molecule has 0 aliphatic rings. The number of carbonyl (C=O) groups is 2. The Morgan fingerprint density at radius 1 is 1.21 bits per heavy atom. The Labute approximate surface area is 198 Å². The van der Waals surface area contributed by atoms with Gasteiger partial charge in [-0.3, -0.25) is 13.9 Å². The zero-order valence-corrected chi connectivity index (χ0v) is 20.4. The van der Waals surface area contributed by atoms with Crippen molar-refractivity contribution >= 4 is 39.1 Å². The van der Waals surface area contributed by atoms with Gasteiger partial charge in [0.15, 0.2) is 0 Å². The summed E-state index contributed by atoms with van der Waals surface area (Å²) in [4.78, 5) is 27.1. The van der Waals surface area contributed by atoms with Gasteiger partial charge in [-0.2, -0.15) is 0 Å². The van der Waals surface area contributed by atoms with Crippen molar-refractivity contribution in [1.82, 2.24) is 10.2 Å². The number of methoxy groups -OCH3 is 1. The molecule has 2 aromatic carbocycles. The van der Waals surface area contributed by atoms with Crippen LogP contribution in [-0.2, 0) is 26.2 Å². The van der Waals surface area contributed by atoms with Crippen LogP contribution in [0.5, 0.6) is 5.75 Å². The quantitative estimate of drug-likeness (QED) is 0.542. The number of ether oxygens (including phenoxy) is 1. The van der Waals surface area contributed by atoms with E-state index in [-0.39, 0.29) is 23.2 Å². The second-order valence-corrected chi connectivity index (χ2v) is 9.63. The normalized spacial score (nSPS) is 12.1. The maximum Gasteiger partial charge on any atom is 0.244 e. The van der Waals surface area contributed by atoms with E-state index in [1.807, 2.05) is 0 Å². The van der Waals surface area contributed by atoms with Gasteiger partial charge in [-0.1, -0.05) is 23.7 Å². The van der Waals surface area contributed by atoms with Crippen molar-refractivity contribution in [2.75, 3.05) is 30.8 Å². The summed E-state index contributed by atoms with van der Waals surface area (Å²) in [6, 6.07) is 9.46. The highest BCUT2D eigenvalue weighted by Crippen LogP contribution is 2.25. The van der Waals surface area contributed by atoms with Crippen molar-refractivity contribution < 1.29 is 27.1 Å². The van der Waals surface area contributed by atoms with E-state index in [0.29, 0.717) is 17.9 Å². The summed E-state index contributed by atoms with van der Waals surface area (Å²) in [5.74, 6) is -1.15. The van der Waals surface area contributed by atoms with Gasteiger partial charge in [-0.15, -0.1) is 0 Å². The van der Waals surface area contributed by atoms with Crippen LogP contribution in [0.15, 0.2) is 42.5 Å². The predicted molar refractivity (Wildman–Crippen MR) is 125 cm³/mol. The van der Waals surface area contributed by atoms with Crippen molar-refractivity contribution in [2.24, 2.45) is 0 Å². The molecule has 1 N–H and O–H groups in total. The molecule has 0 aromatic heterocycles. The van der Waals surface area contributed by atoms with Gasteiger partial charge in [0.2, 0.25) is 21.8 Å². The van der Waals surface area contributed by atoms with Gasteiger partial charge in [0.05, 0.1) is 24.1 Å². The highest BCUT2D eigenvalue weighted by molar-refractivity contribution is 7.92. The molecule has 2 rings (SSSR count). The fraction of sp³-hybridized carbons (Fsp3) is 0.364. The summed E-state index contributed by atoms with van der Waals surface area (Å²) in [6.45, 7) is 3.11. The van der Waals surface area contributed by atoms with Gasteiger partial charge in [-0.05, 0) is 49.7 Å². The molecule has 0 aliphatic heterocycles. The second-order valence-electron chi connectivity index (χ2n) is 7.31. The standard InChI is InChI=1S/C22H27ClFN3O5S/c1-5-25-22(29)15(2)26(13-16-7-6-8-18(11-16)32-3)21(28)14-27(33(4,30)31)17-9-10-20(24)19(23)12-17/h6-12,15H,5,13-14H2,1-4H3,(H,25,29). The first-order valence-corrected chi connectivity index (χ1v) is 12.3.